The predicted molar refractivity (Wildman–Crippen MR) is 73.6 cm³/mol. The molecule has 1 aromatic heterocycles. The molecule has 1 heterocycles. The molecule has 92 valence electrons. The van der Waals surface area contributed by atoms with E-state index in [2.05, 4.69) is 4.98 Å². The maximum Gasteiger partial charge on any atom is 0.328 e. The zero-order valence-electron chi connectivity index (χ0n) is 10.2. The second-order valence-electron chi connectivity index (χ2n) is 3.94. The van der Waals surface area contributed by atoms with E-state index in [1.165, 1.54) is 17.4 Å². The van der Waals surface area contributed by atoms with Crippen molar-refractivity contribution in [1.29, 1.82) is 0 Å². The highest BCUT2D eigenvalue weighted by molar-refractivity contribution is 7.13. The molecule has 0 radical (unpaired) electrons. The van der Waals surface area contributed by atoms with Crippen LogP contribution in [-0.2, 0) is 4.79 Å². The zero-order valence-corrected chi connectivity index (χ0v) is 11.0. The minimum atomic E-state index is -0.933. The number of aliphatic carboxylic acids is 1. The smallest absolute Gasteiger partial charge is 0.328 e. The first kappa shape index (κ1) is 12.5. The van der Waals surface area contributed by atoms with Crippen LogP contribution >= 0.6 is 11.3 Å². The number of benzene rings is 1. The van der Waals surface area contributed by atoms with E-state index >= 15 is 0 Å². The quantitative estimate of drug-likeness (QED) is 0.857. The van der Waals surface area contributed by atoms with E-state index in [1.807, 2.05) is 37.3 Å². The summed E-state index contributed by atoms with van der Waals surface area (Å²) < 4.78 is 0. The Morgan fingerprint density at radius 3 is 2.61 bits per heavy atom. The number of aromatic nitrogens is 1. The number of carboxylic acids is 1. The van der Waals surface area contributed by atoms with E-state index in [4.69, 9.17) is 5.11 Å². The van der Waals surface area contributed by atoms with Gasteiger partial charge in [0.05, 0.1) is 15.6 Å². The van der Waals surface area contributed by atoms with Crippen LogP contribution in [0.1, 0.15) is 16.8 Å². The van der Waals surface area contributed by atoms with Gasteiger partial charge in [0.1, 0.15) is 0 Å². The molecule has 3 nitrogen and oxygen atoms in total. The molecule has 1 N–H and O–H groups in total. The number of allylic oxidation sites excluding steroid dienone is 1. The zero-order chi connectivity index (χ0) is 13.1. The van der Waals surface area contributed by atoms with E-state index in [1.54, 1.807) is 6.92 Å². The van der Waals surface area contributed by atoms with Crippen LogP contribution in [0, 0.1) is 6.92 Å². The fraction of sp³-hybridized carbons (Fsp3) is 0.143. The SMILES string of the molecule is C/C(=C\C(=O)O)c1sc(C)nc1-c1ccccc1. The molecule has 0 amide bonds. The van der Waals surface area contributed by atoms with E-state index in [0.29, 0.717) is 0 Å². The Balaban J connectivity index is 2.53. The molecule has 0 aliphatic carbocycles. The average molecular weight is 259 g/mol. The molecule has 2 aromatic rings. The normalized spacial score (nSPS) is 11.6. The van der Waals surface area contributed by atoms with Gasteiger partial charge in [0.15, 0.2) is 0 Å². The first-order chi connectivity index (χ1) is 8.58. The van der Waals surface area contributed by atoms with Crippen LogP contribution in [0.25, 0.3) is 16.8 Å². The van der Waals surface area contributed by atoms with Gasteiger partial charge in [-0.2, -0.15) is 0 Å². The van der Waals surface area contributed by atoms with Crippen molar-refractivity contribution in [3.63, 3.8) is 0 Å². The molecular formula is C14H13NO2S. The van der Waals surface area contributed by atoms with Crippen LogP contribution in [-0.4, -0.2) is 16.1 Å². The number of rotatable bonds is 3. The highest BCUT2D eigenvalue weighted by Gasteiger charge is 2.13. The van der Waals surface area contributed by atoms with Gasteiger partial charge in [-0.15, -0.1) is 11.3 Å². The molecule has 18 heavy (non-hydrogen) atoms. The topological polar surface area (TPSA) is 50.2 Å². The Morgan fingerprint density at radius 2 is 2.00 bits per heavy atom. The average Bonchev–Trinajstić information content (AvgIpc) is 2.72. The molecule has 0 bridgehead atoms. The van der Waals surface area contributed by atoms with E-state index in [9.17, 15) is 4.79 Å². The van der Waals surface area contributed by atoms with Gasteiger partial charge in [-0.1, -0.05) is 30.3 Å². The Kier molecular flexibility index (Phi) is 3.58. The van der Waals surface area contributed by atoms with Gasteiger partial charge < -0.3 is 5.11 Å². The van der Waals surface area contributed by atoms with Crippen molar-refractivity contribution in [2.45, 2.75) is 13.8 Å². The fourth-order valence-electron chi connectivity index (χ4n) is 1.74. The molecular weight excluding hydrogens is 246 g/mol. The molecule has 1 aromatic carbocycles. The molecule has 0 saturated heterocycles. The summed E-state index contributed by atoms with van der Waals surface area (Å²) in [4.78, 5) is 16.2. The van der Waals surface area contributed by atoms with Crippen molar-refractivity contribution in [3.05, 3.63) is 46.3 Å². The largest absolute Gasteiger partial charge is 0.478 e. The lowest BCUT2D eigenvalue weighted by Gasteiger charge is -2.01. The van der Waals surface area contributed by atoms with Crippen LogP contribution in [0.15, 0.2) is 36.4 Å². The predicted octanol–water partition coefficient (Wildman–Crippen LogP) is 3.61. The van der Waals surface area contributed by atoms with Gasteiger partial charge in [0.25, 0.3) is 0 Å². The number of carboxylic acid groups (broad SMARTS) is 1. The van der Waals surface area contributed by atoms with Gasteiger partial charge in [0.2, 0.25) is 0 Å². The molecule has 0 unspecified atom stereocenters. The van der Waals surface area contributed by atoms with Gasteiger partial charge in [0, 0.05) is 11.6 Å². The second-order valence-corrected chi connectivity index (χ2v) is 5.15. The molecule has 0 aliphatic heterocycles. The number of thiazole rings is 1. The fourth-order valence-corrected chi connectivity index (χ4v) is 2.65. The van der Waals surface area contributed by atoms with Gasteiger partial charge in [-0.3, -0.25) is 0 Å². The van der Waals surface area contributed by atoms with Crippen molar-refractivity contribution in [2.24, 2.45) is 0 Å². The van der Waals surface area contributed by atoms with Crippen LogP contribution in [0.3, 0.4) is 0 Å². The van der Waals surface area contributed by atoms with Crippen LogP contribution < -0.4 is 0 Å². The Labute approximate surface area is 109 Å². The molecule has 0 atom stereocenters. The summed E-state index contributed by atoms with van der Waals surface area (Å²) in [7, 11) is 0. The third-order valence-electron chi connectivity index (χ3n) is 2.48. The lowest BCUT2D eigenvalue weighted by molar-refractivity contribution is -0.131. The standard InChI is InChI=1S/C14H13NO2S/c1-9(8-12(16)17)14-13(15-10(2)18-14)11-6-4-3-5-7-11/h3-8H,1-2H3,(H,16,17)/b9-8+. The Bertz CT molecular complexity index is 600. The summed E-state index contributed by atoms with van der Waals surface area (Å²) in [5.74, 6) is -0.933. The summed E-state index contributed by atoms with van der Waals surface area (Å²) in [6.07, 6.45) is 1.22. The van der Waals surface area contributed by atoms with E-state index in [0.717, 1.165) is 26.7 Å². The van der Waals surface area contributed by atoms with Crippen molar-refractivity contribution in [1.82, 2.24) is 4.98 Å². The van der Waals surface area contributed by atoms with Crippen LogP contribution in [0.5, 0.6) is 0 Å². The summed E-state index contributed by atoms with van der Waals surface area (Å²) in [6.45, 7) is 3.72. The second kappa shape index (κ2) is 5.14. The Morgan fingerprint density at radius 1 is 1.33 bits per heavy atom. The lowest BCUT2D eigenvalue weighted by Crippen LogP contribution is -1.90. The molecule has 4 heteroatoms. The van der Waals surface area contributed by atoms with Gasteiger partial charge >= 0.3 is 5.97 Å². The highest BCUT2D eigenvalue weighted by Crippen LogP contribution is 2.33. The molecule has 0 fully saturated rings. The first-order valence-electron chi connectivity index (χ1n) is 5.52. The number of carbonyl (C=O) groups is 1. The number of hydrogen-bond acceptors (Lipinski definition) is 3. The summed E-state index contributed by atoms with van der Waals surface area (Å²) >= 11 is 1.52. The van der Waals surface area contributed by atoms with Crippen molar-refractivity contribution >= 4 is 22.9 Å². The van der Waals surface area contributed by atoms with E-state index in [-0.39, 0.29) is 0 Å². The van der Waals surface area contributed by atoms with Crippen molar-refractivity contribution in [2.75, 3.05) is 0 Å². The first-order valence-corrected chi connectivity index (χ1v) is 6.34. The van der Waals surface area contributed by atoms with Gasteiger partial charge in [-0.25, -0.2) is 9.78 Å². The molecule has 0 aliphatic rings. The van der Waals surface area contributed by atoms with Gasteiger partial charge in [-0.05, 0) is 19.4 Å². The number of hydrogen-bond donors (Lipinski definition) is 1. The highest BCUT2D eigenvalue weighted by atomic mass is 32.1. The van der Waals surface area contributed by atoms with Crippen LogP contribution in [0.2, 0.25) is 0 Å². The maximum atomic E-state index is 10.7. The lowest BCUT2D eigenvalue weighted by atomic mass is 10.1. The van der Waals surface area contributed by atoms with Crippen molar-refractivity contribution in [3.8, 4) is 11.3 Å². The molecule has 0 spiro atoms. The monoisotopic (exact) mass is 259 g/mol. The van der Waals surface area contributed by atoms with E-state index < -0.39 is 5.97 Å². The molecule has 0 saturated carbocycles. The third-order valence-corrected chi connectivity index (χ3v) is 3.59. The third kappa shape index (κ3) is 2.65. The minimum absolute atomic E-state index is 0.729. The van der Waals surface area contributed by atoms with Crippen LogP contribution in [0.4, 0.5) is 0 Å². The maximum absolute atomic E-state index is 10.7. The minimum Gasteiger partial charge on any atom is -0.478 e. The Hall–Kier alpha value is -1.94. The molecule has 2 rings (SSSR count). The summed E-state index contributed by atoms with van der Waals surface area (Å²) in [5, 5.41) is 9.75. The number of nitrogens with zero attached hydrogens (tertiary/aromatic N) is 1. The summed E-state index contributed by atoms with van der Waals surface area (Å²) in [5.41, 5.74) is 2.59. The van der Waals surface area contributed by atoms with Crippen molar-refractivity contribution < 1.29 is 9.90 Å². The number of aryl methyl sites for hydroxylation is 1. The summed E-state index contributed by atoms with van der Waals surface area (Å²) in [6, 6.07) is 9.80.